The number of nitrogens with one attached hydrogen (secondary N) is 2. The second kappa shape index (κ2) is 8.18. The first kappa shape index (κ1) is 16.8. The third-order valence-electron chi connectivity index (χ3n) is 4.99. The molecule has 24 heavy (non-hydrogen) atoms. The molecule has 0 aliphatic heterocycles. The lowest BCUT2D eigenvalue weighted by molar-refractivity contribution is 0.281. The molecule has 1 saturated carbocycles. The maximum atomic E-state index is 6.05. The number of rotatable bonds is 6. The largest absolute Gasteiger partial charge is 0.398 e. The average molecular weight is 324 g/mol. The molecule has 1 aliphatic rings. The summed E-state index contributed by atoms with van der Waals surface area (Å²) in [5, 5.41) is 7.41. The lowest BCUT2D eigenvalue weighted by Crippen LogP contribution is -2.49. The van der Waals surface area contributed by atoms with Gasteiger partial charge in [0.25, 0.3) is 0 Å². The van der Waals surface area contributed by atoms with Gasteiger partial charge in [0.15, 0.2) is 0 Å². The van der Waals surface area contributed by atoms with E-state index in [9.17, 15) is 0 Å². The second-order valence-corrected chi connectivity index (χ2v) is 6.66. The summed E-state index contributed by atoms with van der Waals surface area (Å²) in [6.07, 6.45) is 4.98. The Morgan fingerprint density at radius 3 is 1.54 bits per heavy atom. The van der Waals surface area contributed by atoms with Gasteiger partial charge in [0, 0.05) is 36.5 Å². The summed E-state index contributed by atoms with van der Waals surface area (Å²) in [6.45, 7) is 1.64. The molecule has 6 N–H and O–H groups in total. The van der Waals surface area contributed by atoms with Gasteiger partial charge in [-0.3, -0.25) is 0 Å². The van der Waals surface area contributed by atoms with Crippen LogP contribution < -0.4 is 22.1 Å². The van der Waals surface area contributed by atoms with Crippen molar-refractivity contribution in [2.75, 3.05) is 11.5 Å². The van der Waals surface area contributed by atoms with Crippen LogP contribution in [0.3, 0.4) is 0 Å². The molecular formula is C20H28N4. The minimum Gasteiger partial charge on any atom is -0.398 e. The summed E-state index contributed by atoms with van der Waals surface area (Å²) < 4.78 is 0. The fourth-order valence-electron chi connectivity index (χ4n) is 3.49. The first-order chi connectivity index (χ1) is 11.7. The zero-order valence-electron chi connectivity index (χ0n) is 14.2. The molecule has 0 amide bonds. The predicted molar refractivity (Wildman–Crippen MR) is 101 cm³/mol. The molecule has 1 fully saturated rings. The minimum absolute atomic E-state index is 0.475. The first-order valence-corrected chi connectivity index (χ1v) is 8.87. The van der Waals surface area contributed by atoms with Gasteiger partial charge in [0.2, 0.25) is 0 Å². The van der Waals surface area contributed by atoms with Crippen molar-refractivity contribution in [1.82, 2.24) is 10.6 Å². The SMILES string of the molecule is Nc1ccccc1CNC1CCCCC1NCc1ccccc1N. The van der Waals surface area contributed by atoms with Crippen LogP contribution in [-0.2, 0) is 13.1 Å². The van der Waals surface area contributed by atoms with Crippen LogP contribution in [0.2, 0.25) is 0 Å². The summed E-state index contributed by atoms with van der Waals surface area (Å²) in [5.74, 6) is 0. The highest BCUT2D eigenvalue weighted by atomic mass is 15.0. The molecular weight excluding hydrogens is 296 g/mol. The highest BCUT2D eigenvalue weighted by Crippen LogP contribution is 2.21. The van der Waals surface area contributed by atoms with Crippen LogP contribution >= 0.6 is 0 Å². The third kappa shape index (κ3) is 4.28. The summed E-state index contributed by atoms with van der Waals surface area (Å²) in [5.41, 5.74) is 16.2. The zero-order chi connectivity index (χ0) is 16.8. The molecule has 128 valence electrons. The van der Waals surface area contributed by atoms with Crippen molar-refractivity contribution in [2.24, 2.45) is 0 Å². The third-order valence-corrected chi connectivity index (χ3v) is 4.99. The van der Waals surface area contributed by atoms with E-state index in [4.69, 9.17) is 11.5 Å². The number of nitrogens with two attached hydrogens (primary N) is 2. The Hall–Kier alpha value is -2.04. The molecule has 2 aromatic carbocycles. The Morgan fingerprint density at radius 2 is 1.12 bits per heavy atom. The standard InChI is InChI=1S/C20H28N4/c21-17-9-3-1-7-15(17)13-23-19-11-5-6-12-20(19)24-14-16-8-2-4-10-18(16)22/h1-4,7-10,19-20,23-24H,5-6,11-14,21-22H2. The lowest BCUT2D eigenvalue weighted by Gasteiger charge is -2.33. The molecule has 2 atom stereocenters. The molecule has 4 heteroatoms. The number of anilines is 2. The maximum absolute atomic E-state index is 6.05. The van der Waals surface area contributed by atoms with E-state index in [1.54, 1.807) is 0 Å². The number of hydrogen-bond donors (Lipinski definition) is 4. The quantitative estimate of drug-likeness (QED) is 0.616. The molecule has 3 rings (SSSR count). The predicted octanol–water partition coefficient (Wildman–Crippen LogP) is 3.04. The van der Waals surface area contributed by atoms with Crippen LogP contribution in [0.5, 0.6) is 0 Å². The van der Waals surface area contributed by atoms with Crippen molar-refractivity contribution < 1.29 is 0 Å². The molecule has 0 heterocycles. The minimum atomic E-state index is 0.475. The highest BCUT2D eigenvalue weighted by Gasteiger charge is 2.24. The van der Waals surface area contributed by atoms with Gasteiger partial charge in [0.1, 0.15) is 0 Å². The van der Waals surface area contributed by atoms with Crippen LogP contribution in [-0.4, -0.2) is 12.1 Å². The number of hydrogen-bond acceptors (Lipinski definition) is 4. The van der Waals surface area contributed by atoms with Crippen molar-refractivity contribution >= 4 is 11.4 Å². The highest BCUT2D eigenvalue weighted by molar-refractivity contribution is 5.46. The summed E-state index contributed by atoms with van der Waals surface area (Å²) in [6, 6.07) is 17.1. The topological polar surface area (TPSA) is 76.1 Å². The summed E-state index contributed by atoms with van der Waals surface area (Å²) in [4.78, 5) is 0. The molecule has 0 bridgehead atoms. The van der Waals surface area contributed by atoms with E-state index < -0.39 is 0 Å². The molecule has 2 unspecified atom stereocenters. The van der Waals surface area contributed by atoms with Crippen molar-refractivity contribution in [1.29, 1.82) is 0 Å². The fourth-order valence-corrected chi connectivity index (χ4v) is 3.49. The Morgan fingerprint density at radius 1 is 0.708 bits per heavy atom. The van der Waals surface area contributed by atoms with Crippen molar-refractivity contribution in [2.45, 2.75) is 50.9 Å². The van der Waals surface area contributed by atoms with Crippen LogP contribution in [0.1, 0.15) is 36.8 Å². The summed E-state index contributed by atoms with van der Waals surface area (Å²) >= 11 is 0. The van der Waals surface area contributed by atoms with Gasteiger partial charge < -0.3 is 22.1 Å². The summed E-state index contributed by atoms with van der Waals surface area (Å²) in [7, 11) is 0. The van der Waals surface area contributed by atoms with Crippen molar-refractivity contribution in [3.63, 3.8) is 0 Å². The van der Waals surface area contributed by atoms with E-state index in [2.05, 4.69) is 22.8 Å². The smallest absolute Gasteiger partial charge is 0.0359 e. The van der Waals surface area contributed by atoms with E-state index in [0.717, 1.165) is 24.5 Å². The van der Waals surface area contributed by atoms with E-state index in [0.29, 0.717) is 12.1 Å². The Bertz CT molecular complexity index is 598. The lowest BCUT2D eigenvalue weighted by atomic mass is 9.90. The molecule has 0 saturated heterocycles. The van der Waals surface area contributed by atoms with Gasteiger partial charge >= 0.3 is 0 Å². The van der Waals surface area contributed by atoms with Gasteiger partial charge in [-0.15, -0.1) is 0 Å². The molecule has 0 radical (unpaired) electrons. The maximum Gasteiger partial charge on any atom is 0.0359 e. The van der Waals surface area contributed by atoms with Crippen LogP contribution in [0.25, 0.3) is 0 Å². The number of para-hydroxylation sites is 2. The van der Waals surface area contributed by atoms with Gasteiger partial charge in [-0.1, -0.05) is 49.2 Å². The molecule has 0 aromatic heterocycles. The van der Waals surface area contributed by atoms with E-state index in [1.165, 1.54) is 36.8 Å². The van der Waals surface area contributed by atoms with Crippen LogP contribution in [0.4, 0.5) is 11.4 Å². The van der Waals surface area contributed by atoms with E-state index in [1.807, 2.05) is 36.4 Å². The number of benzene rings is 2. The molecule has 4 nitrogen and oxygen atoms in total. The molecule has 1 aliphatic carbocycles. The zero-order valence-corrected chi connectivity index (χ0v) is 14.2. The van der Waals surface area contributed by atoms with Crippen LogP contribution in [0, 0.1) is 0 Å². The van der Waals surface area contributed by atoms with Gasteiger partial charge in [-0.05, 0) is 36.1 Å². The Labute approximate surface area is 144 Å². The average Bonchev–Trinajstić information content (AvgIpc) is 2.61. The normalized spacial score (nSPS) is 20.8. The second-order valence-electron chi connectivity index (χ2n) is 6.66. The van der Waals surface area contributed by atoms with Gasteiger partial charge in [-0.25, -0.2) is 0 Å². The Balaban J connectivity index is 1.57. The van der Waals surface area contributed by atoms with E-state index in [-0.39, 0.29) is 0 Å². The van der Waals surface area contributed by atoms with Gasteiger partial charge in [-0.2, -0.15) is 0 Å². The fraction of sp³-hybridized carbons (Fsp3) is 0.400. The number of nitrogen functional groups attached to an aromatic ring is 2. The van der Waals surface area contributed by atoms with E-state index >= 15 is 0 Å². The van der Waals surface area contributed by atoms with Crippen molar-refractivity contribution in [3.05, 3.63) is 59.7 Å². The molecule has 0 spiro atoms. The van der Waals surface area contributed by atoms with Gasteiger partial charge in [0.05, 0.1) is 0 Å². The van der Waals surface area contributed by atoms with Crippen LogP contribution in [0.15, 0.2) is 48.5 Å². The van der Waals surface area contributed by atoms with Crippen molar-refractivity contribution in [3.8, 4) is 0 Å². The monoisotopic (exact) mass is 324 g/mol. The molecule has 2 aromatic rings. The first-order valence-electron chi connectivity index (χ1n) is 8.87. The Kier molecular flexibility index (Phi) is 5.72.